The number of carbonyl (C=O) groups is 1. The van der Waals surface area contributed by atoms with Gasteiger partial charge in [0.2, 0.25) is 0 Å². The van der Waals surface area contributed by atoms with Crippen LogP contribution >= 0.6 is 11.6 Å². The number of sulfonamides is 1. The van der Waals surface area contributed by atoms with Gasteiger partial charge in [0.15, 0.2) is 11.6 Å². The predicted molar refractivity (Wildman–Crippen MR) is 122 cm³/mol. The fourth-order valence-corrected chi connectivity index (χ4v) is 4.38. The number of aromatic nitrogens is 1. The van der Waals surface area contributed by atoms with Gasteiger partial charge in [-0.3, -0.25) is 9.71 Å². The Balaban J connectivity index is 0.000000604. The maximum absolute atomic E-state index is 14.5. The van der Waals surface area contributed by atoms with Crippen LogP contribution in [0.2, 0.25) is 5.02 Å². The van der Waals surface area contributed by atoms with Crippen molar-refractivity contribution in [3.05, 3.63) is 87.5 Å². The number of alkyl halides is 3. The van der Waals surface area contributed by atoms with Crippen LogP contribution in [-0.4, -0.2) is 30.7 Å². The van der Waals surface area contributed by atoms with Crippen LogP contribution in [0.4, 0.5) is 32.0 Å². The summed E-state index contributed by atoms with van der Waals surface area (Å²) < 4.78 is 101. The Morgan fingerprint density at radius 2 is 1.51 bits per heavy atom. The number of halogens is 7. The number of pyridine rings is 1. The van der Waals surface area contributed by atoms with Crippen LogP contribution < -0.4 is 4.72 Å². The van der Waals surface area contributed by atoms with Crippen molar-refractivity contribution >= 4 is 33.3 Å². The molecule has 196 valence electrons. The lowest BCUT2D eigenvalue weighted by molar-refractivity contribution is -0.192. The van der Waals surface area contributed by atoms with Crippen molar-refractivity contribution in [2.24, 2.45) is 0 Å². The number of benzene rings is 2. The predicted octanol–water partition coefficient (Wildman–Crippen LogP) is 5.60. The minimum absolute atomic E-state index is 0.0630. The highest BCUT2D eigenvalue weighted by atomic mass is 35.5. The largest absolute Gasteiger partial charge is 0.490 e. The van der Waals surface area contributed by atoms with E-state index in [9.17, 15) is 34.8 Å². The summed E-state index contributed by atoms with van der Waals surface area (Å²) >= 11 is 6.02. The summed E-state index contributed by atoms with van der Waals surface area (Å²) in [5, 5.41) is 7.34. The Morgan fingerprint density at radius 3 is 2.03 bits per heavy atom. The second-order valence-electron chi connectivity index (χ2n) is 7.24. The molecule has 0 unspecified atom stereocenters. The Bertz CT molecular complexity index is 1490. The smallest absolute Gasteiger partial charge is 0.475 e. The highest BCUT2D eigenvalue weighted by Gasteiger charge is 2.38. The molecule has 0 fully saturated rings. The number of anilines is 1. The van der Waals surface area contributed by atoms with Gasteiger partial charge in [0.25, 0.3) is 10.0 Å². The first-order valence-corrected chi connectivity index (χ1v) is 11.6. The SMILES string of the molecule is Cc1cc(Cl)c(C)c(S(=O)(=O)Nc2c(F)cc(C#Cc3cncc(F)c3)cc2F)c1.O=C(O)C(F)(F)F. The summed E-state index contributed by atoms with van der Waals surface area (Å²) in [6.07, 6.45) is -2.80. The molecule has 0 saturated heterocycles. The molecular formula is C23H15ClF6N2O4S. The van der Waals surface area contributed by atoms with Gasteiger partial charge >= 0.3 is 12.1 Å². The van der Waals surface area contributed by atoms with Crippen LogP contribution in [-0.2, 0) is 14.8 Å². The van der Waals surface area contributed by atoms with Crippen molar-refractivity contribution in [2.45, 2.75) is 24.9 Å². The van der Waals surface area contributed by atoms with Gasteiger partial charge in [-0.1, -0.05) is 23.4 Å². The van der Waals surface area contributed by atoms with Crippen molar-refractivity contribution in [1.29, 1.82) is 0 Å². The normalized spacial score (nSPS) is 11.1. The molecule has 37 heavy (non-hydrogen) atoms. The zero-order valence-electron chi connectivity index (χ0n) is 18.7. The number of hydrogen-bond donors (Lipinski definition) is 2. The first kappa shape index (κ1) is 29.5. The van der Waals surface area contributed by atoms with Crippen LogP contribution in [0.1, 0.15) is 22.3 Å². The Hall–Kier alpha value is -3.76. The van der Waals surface area contributed by atoms with Gasteiger partial charge < -0.3 is 5.11 Å². The molecular weight excluding hydrogens is 550 g/mol. The maximum atomic E-state index is 14.5. The van der Waals surface area contributed by atoms with Crippen LogP contribution in [0, 0.1) is 43.1 Å². The van der Waals surface area contributed by atoms with E-state index in [1.807, 2.05) is 4.72 Å². The summed E-state index contributed by atoms with van der Waals surface area (Å²) in [5.74, 6) is -0.655. The summed E-state index contributed by atoms with van der Waals surface area (Å²) in [6, 6.07) is 5.79. The first-order valence-electron chi connectivity index (χ1n) is 9.72. The summed E-state index contributed by atoms with van der Waals surface area (Å²) in [5.41, 5.74) is 0.135. The summed E-state index contributed by atoms with van der Waals surface area (Å²) in [7, 11) is -4.31. The highest BCUT2D eigenvalue weighted by molar-refractivity contribution is 7.92. The molecule has 0 saturated carbocycles. The van der Waals surface area contributed by atoms with Crippen molar-refractivity contribution in [3.63, 3.8) is 0 Å². The lowest BCUT2D eigenvalue weighted by Crippen LogP contribution is -2.21. The average Bonchev–Trinajstić information content (AvgIpc) is 2.77. The molecule has 0 aliphatic rings. The number of carboxylic acid groups (broad SMARTS) is 1. The lowest BCUT2D eigenvalue weighted by atomic mass is 10.1. The van der Waals surface area contributed by atoms with Gasteiger partial charge in [0, 0.05) is 22.3 Å². The monoisotopic (exact) mass is 564 g/mol. The molecule has 6 nitrogen and oxygen atoms in total. The first-order chi connectivity index (χ1) is 17.0. The highest BCUT2D eigenvalue weighted by Crippen LogP contribution is 2.29. The molecule has 0 atom stereocenters. The summed E-state index contributed by atoms with van der Waals surface area (Å²) in [6.45, 7) is 3.14. The average molecular weight is 565 g/mol. The molecule has 3 rings (SSSR count). The Morgan fingerprint density at radius 1 is 0.973 bits per heavy atom. The second-order valence-corrected chi connectivity index (χ2v) is 9.29. The molecule has 2 N–H and O–H groups in total. The maximum Gasteiger partial charge on any atom is 0.490 e. The van der Waals surface area contributed by atoms with E-state index < -0.39 is 45.3 Å². The third kappa shape index (κ3) is 8.12. The Labute approximate surface area is 212 Å². The molecule has 0 aliphatic heterocycles. The van der Waals surface area contributed by atoms with Gasteiger partial charge in [-0.2, -0.15) is 13.2 Å². The fraction of sp³-hybridized carbons (Fsp3) is 0.130. The second kappa shape index (κ2) is 11.5. The van der Waals surface area contributed by atoms with Crippen LogP contribution in [0.15, 0.2) is 47.6 Å². The van der Waals surface area contributed by atoms with Gasteiger partial charge in [0.1, 0.15) is 11.5 Å². The van der Waals surface area contributed by atoms with E-state index in [0.29, 0.717) is 5.56 Å². The minimum Gasteiger partial charge on any atom is -0.475 e. The number of nitrogens with one attached hydrogen (secondary N) is 1. The van der Waals surface area contributed by atoms with E-state index in [-0.39, 0.29) is 26.6 Å². The lowest BCUT2D eigenvalue weighted by Gasteiger charge is -2.13. The van der Waals surface area contributed by atoms with Crippen LogP contribution in [0.25, 0.3) is 0 Å². The van der Waals surface area contributed by atoms with Crippen molar-refractivity contribution in [2.75, 3.05) is 4.72 Å². The fourth-order valence-electron chi connectivity index (χ4n) is 2.62. The molecule has 0 radical (unpaired) electrons. The number of rotatable bonds is 3. The number of nitrogens with zero attached hydrogens (tertiary/aromatic N) is 1. The standard InChI is InChI=1S/C21H14ClF3N2O2S.C2HF3O2/c1-12-5-17(22)13(2)20(6-12)30(28,29)27-21-18(24)8-14(9-19(21)25)3-4-15-7-16(23)11-26-10-15;3-2(4,5)1(6)7/h5-11,27H,1-2H3;(H,6,7). The molecule has 0 spiro atoms. The number of aliphatic carboxylic acids is 1. The number of carboxylic acids is 1. The van der Waals surface area contributed by atoms with Crippen molar-refractivity contribution in [3.8, 4) is 11.8 Å². The van der Waals surface area contributed by atoms with E-state index in [1.165, 1.54) is 19.2 Å². The van der Waals surface area contributed by atoms with E-state index >= 15 is 0 Å². The van der Waals surface area contributed by atoms with E-state index in [0.717, 1.165) is 24.4 Å². The molecule has 1 aromatic heterocycles. The number of aryl methyl sites for hydroxylation is 1. The van der Waals surface area contributed by atoms with Crippen molar-refractivity contribution < 1.29 is 44.7 Å². The number of hydrogen-bond acceptors (Lipinski definition) is 4. The molecule has 0 bridgehead atoms. The van der Waals surface area contributed by atoms with Gasteiger partial charge in [-0.25, -0.2) is 26.4 Å². The van der Waals surface area contributed by atoms with Crippen molar-refractivity contribution in [1.82, 2.24) is 4.98 Å². The van der Waals surface area contributed by atoms with Gasteiger partial charge in [-0.15, -0.1) is 0 Å². The summed E-state index contributed by atoms with van der Waals surface area (Å²) in [4.78, 5) is 12.3. The zero-order valence-corrected chi connectivity index (χ0v) is 20.3. The molecule has 0 amide bonds. The molecule has 2 aromatic carbocycles. The van der Waals surface area contributed by atoms with E-state index in [4.69, 9.17) is 21.5 Å². The van der Waals surface area contributed by atoms with Crippen LogP contribution in [0.3, 0.4) is 0 Å². The third-order valence-electron chi connectivity index (χ3n) is 4.31. The molecule has 3 aromatic rings. The minimum atomic E-state index is -5.08. The van der Waals surface area contributed by atoms with Crippen LogP contribution in [0.5, 0.6) is 0 Å². The third-order valence-corrected chi connectivity index (χ3v) is 6.18. The zero-order chi connectivity index (χ0) is 28.1. The van der Waals surface area contributed by atoms with E-state index in [2.05, 4.69) is 16.8 Å². The van der Waals surface area contributed by atoms with E-state index in [1.54, 1.807) is 13.0 Å². The molecule has 1 heterocycles. The van der Waals surface area contributed by atoms with Gasteiger partial charge in [-0.05, 0) is 55.3 Å². The van der Waals surface area contributed by atoms with Gasteiger partial charge in [0.05, 0.1) is 11.1 Å². The molecule has 14 heteroatoms. The Kier molecular flexibility index (Phi) is 9.18. The molecule has 0 aliphatic carbocycles. The quantitative estimate of drug-likeness (QED) is 0.319. The topological polar surface area (TPSA) is 96.4 Å².